The molecule has 1 fully saturated rings. The van der Waals surface area contributed by atoms with Gasteiger partial charge in [0.1, 0.15) is 6.42 Å². The third kappa shape index (κ3) is 4.57. The normalized spacial score (nSPS) is 17.2. The molecule has 1 saturated heterocycles. The fraction of sp³-hybridized carbons (Fsp3) is 0.500. The number of benzene rings is 1. The summed E-state index contributed by atoms with van der Waals surface area (Å²) in [5.41, 5.74) is 0.824. The first kappa shape index (κ1) is 18.0. The van der Waals surface area contributed by atoms with Crippen molar-refractivity contribution in [2.24, 2.45) is 0 Å². The Hall–Kier alpha value is -2.37. The second-order valence-corrected chi connectivity index (χ2v) is 5.94. The molecule has 0 bridgehead atoms. The number of nitrogens with zero attached hydrogens (tertiary/aromatic N) is 1. The minimum absolute atomic E-state index is 0.136. The third-order valence-corrected chi connectivity index (χ3v) is 4.30. The van der Waals surface area contributed by atoms with Crippen LogP contribution >= 0.6 is 0 Å². The van der Waals surface area contributed by atoms with E-state index in [2.05, 4.69) is 17.0 Å². The quantitative estimate of drug-likeness (QED) is 0.664. The molecule has 0 aromatic heterocycles. The second kappa shape index (κ2) is 8.47. The van der Waals surface area contributed by atoms with Gasteiger partial charge in [-0.15, -0.1) is 0 Å². The molecule has 6 heteroatoms. The third-order valence-electron chi connectivity index (χ3n) is 4.30. The monoisotopic (exact) mass is 332 g/mol. The van der Waals surface area contributed by atoms with Gasteiger partial charge in [0, 0.05) is 18.3 Å². The number of amides is 2. The topological polar surface area (TPSA) is 75.7 Å². The van der Waals surface area contributed by atoms with Gasteiger partial charge in [0.05, 0.1) is 12.7 Å². The number of esters is 1. The molecule has 1 aliphatic heterocycles. The number of methoxy groups -OCH3 is 1. The summed E-state index contributed by atoms with van der Waals surface area (Å²) in [6.45, 7) is 2.79. The van der Waals surface area contributed by atoms with Crippen LogP contribution in [0.4, 0.5) is 5.69 Å². The fourth-order valence-corrected chi connectivity index (χ4v) is 3.04. The smallest absolute Gasteiger partial charge is 0.337 e. The van der Waals surface area contributed by atoms with E-state index in [-0.39, 0.29) is 24.3 Å². The highest BCUT2D eigenvalue weighted by molar-refractivity contribution is 6.04. The molecule has 0 radical (unpaired) electrons. The molecule has 2 rings (SSSR count). The van der Waals surface area contributed by atoms with E-state index in [1.54, 1.807) is 18.2 Å². The van der Waals surface area contributed by atoms with Gasteiger partial charge in [0.25, 0.3) is 0 Å². The number of hydrogen-bond donors (Lipinski definition) is 1. The van der Waals surface area contributed by atoms with Gasteiger partial charge in [-0.3, -0.25) is 9.59 Å². The van der Waals surface area contributed by atoms with Gasteiger partial charge >= 0.3 is 5.97 Å². The number of carbonyl (C=O) groups is 3. The lowest BCUT2D eigenvalue weighted by atomic mass is 9.99. The molecule has 0 aliphatic carbocycles. The minimum atomic E-state index is -0.471. The zero-order valence-corrected chi connectivity index (χ0v) is 14.2. The highest BCUT2D eigenvalue weighted by Gasteiger charge is 2.26. The Labute approximate surface area is 142 Å². The van der Waals surface area contributed by atoms with E-state index in [0.717, 1.165) is 32.2 Å². The molecule has 1 aliphatic rings. The molecule has 2 amide bonds. The van der Waals surface area contributed by atoms with Gasteiger partial charge in [-0.2, -0.15) is 0 Å². The van der Waals surface area contributed by atoms with E-state index in [0.29, 0.717) is 11.3 Å². The molecule has 1 aromatic carbocycles. The Morgan fingerprint density at radius 2 is 2.08 bits per heavy atom. The maximum Gasteiger partial charge on any atom is 0.337 e. The maximum atomic E-state index is 12.4. The highest BCUT2D eigenvalue weighted by atomic mass is 16.5. The molecule has 0 spiro atoms. The molecule has 24 heavy (non-hydrogen) atoms. The lowest BCUT2D eigenvalue weighted by Gasteiger charge is -2.35. The van der Waals surface area contributed by atoms with Crippen molar-refractivity contribution in [2.45, 2.75) is 45.1 Å². The zero-order chi connectivity index (χ0) is 17.5. The summed E-state index contributed by atoms with van der Waals surface area (Å²) in [7, 11) is 1.30. The van der Waals surface area contributed by atoms with Gasteiger partial charge < -0.3 is 15.0 Å². The Balaban J connectivity index is 1.95. The van der Waals surface area contributed by atoms with Crippen molar-refractivity contribution >= 4 is 23.5 Å². The van der Waals surface area contributed by atoms with E-state index in [4.69, 9.17) is 0 Å². The van der Waals surface area contributed by atoms with Crippen LogP contribution in [-0.2, 0) is 14.3 Å². The number of likely N-dealkylation sites (tertiary alicyclic amines) is 1. The van der Waals surface area contributed by atoms with E-state index < -0.39 is 5.97 Å². The molecular formula is C18H24N2O4. The van der Waals surface area contributed by atoms with Crippen molar-refractivity contribution in [3.05, 3.63) is 29.8 Å². The van der Waals surface area contributed by atoms with Gasteiger partial charge in [-0.05, 0) is 43.9 Å². The van der Waals surface area contributed by atoms with E-state index >= 15 is 0 Å². The van der Waals surface area contributed by atoms with Crippen LogP contribution in [0.15, 0.2) is 24.3 Å². The average molecular weight is 332 g/mol. The van der Waals surface area contributed by atoms with Crippen LogP contribution in [-0.4, -0.2) is 42.4 Å². The second-order valence-electron chi connectivity index (χ2n) is 5.94. The number of hydrogen-bond acceptors (Lipinski definition) is 4. The standard InChI is InChI=1S/C18H24N2O4/c1-3-15-9-4-5-10-20(15)17(22)12-16(21)19-14-8-6-7-13(11-14)18(23)24-2/h6-8,11,15H,3-5,9-10,12H2,1-2H3,(H,19,21). The molecule has 1 unspecified atom stereocenters. The fourth-order valence-electron chi connectivity index (χ4n) is 3.04. The first-order valence-corrected chi connectivity index (χ1v) is 8.32. The molecule has 130 valence electrons. The Morgan fingerprint density at radius 3 is 2.79 bits per heavy atom. The van der Waals surface area contributed by atoms with Crippen molar-refractivity contribution in [3.8, 4) is 0 Å². The predicted octanol–water partition coefficient (Wildman–Crippen LogP) is 2.59. The van der Waals surface area contributed by atoms with Crippen LogP contribution in [0.1, 0.15) is 49.4 Å². The lowest BCUT2D eigenvalue weighted by molar-refractivity contribution is -0.137. The number of anilines is 1. The van der Waals surface area contributed by atoms with E-state index in [1.165, 1.54) is 13.2 Å². The summed E-state index contributed by atoms with van der Waals surface area (Å²) in [5.74, 6) is -0.980. The molecule has 0 saturated carbocycles. The van der Waals surface area contributed by atoms with Crippen molar-refractivity contribution in [1.29, 1.82) is 0 Å². The number of nitrogens with one attached hydrogen (secondary N) is 1. The van der Waals surface area contributed by atoms with Crippen molar-refractivity contribution in [2.75, 3.05) is 19.0 Å². The summed E-state index contributed by atoms with van der Waals surface area (Å²) in [6, 6.07) is 6.70. The Bertz CT molecular complexity index is 615. The average Bonchev–Trinajstić information content (AvgIpc) is 2.60. The first-order chi connectivity index (χ1) is 11.5. The summed E-state index contributed by atoms with van der Waals surface area (Å²) < 4.78 is 4.65. The first-order valence-electron chi connectivity index (χ1n) is 8.32. The zero-order valence-electron chi connectivity index (χ0n) is 14.2. The summed E-state index contributed by atoms with van der Waals surface area (Å²) in [5, 5.41) is 2.67. The number of rotatable bonds is 5. The summed E-state index contributed by atoms with van der Waals surface area (Å²) >= 11 is 0. The van der Waals surface area contributed by atoms with Crippen molar-refractivity contribution < 1.29 is 19.1 Å². The minimum Gasteiger partial charge on any atom is -0.465 e. The SMILES string of the molecule is CCC1CCCCN1C(=O)CC(=O)Nc1cccc(C(=O)OC)c1. The van der Waals surface area contributed by atoms with Crippen LogP contribution in [0, 0.1) is 0 Å². The molecule has 1 heterocycles. The molecular weight excluding hydrogens is 308 g/mol. The van der Waals surface area contributed by atoms with Crippen LogP contribution in [0.3, 0.4) is 0 Å². The van der Waals surface area contributed by atoms with Gasteiger partial charge in [0.15, 0.2) is 0 Å². The largest absolute Gasteiger partial charge is 0.465 e. The predicted molar refractivity (Wildman–Crippen MR) is 90.7 cm³/mol. The van der Waals surface area contributed by atoms with Crippen LogP contribution in [0.25, 0.3) is 0 Å². The Kier molecular flexibility index (Phi) is 6.35. The van der Waals surface area contributed by atoms with E-state index in [9.17, 15) is 14.4 Å². The van der Waals surface area contributed by atoms with Crippen LogP contribution in [0.2, 0.25) is 0 Å². The van der Waals surface area contributed by atoms with Crippen molar-refractivity contribution in [1.82, 2.24) is 4.90 Å². The van der Waals surface area contributed by atoms with Gasteiger partial charge in [-0.25, -0.2) is 4.79 Å². The summed E-state index contributed by atoms with van der Waals surface area (Å²) in [6.07, 6.45) is 3.86. The number of ether oxygens (including phenoxy) is 1. The maximum absolute atomic E-state index is 12.4. The van der Waals surface area contributed by atoms with Crippen LogP contribution in [0.5, 0.6) is 0 Å². The molecule has 1 N–H and O–H groups in total. The summed E-state index contributed by atoms with van der Waals surface area (Å²) in [4.78, 5) is 37.9. The Morgan fingerprint density at radius 1 is 1.29 bits per heavy atom. The number of carbonyl (C=O) groups excluding carboxylic acids is 3. The van der Waals surface area contributed by atoms with Crippen LogP contribution < -0.4 is 5.32 Å². The van der Waals surface area contributed by atoms with E-state index in [1.807, 2.05) is 4.90 Å². The van der Waals surface area contributed by atoms with Crippen molar-refractivity contribution in [3.63, 3.8) is 0 Å². The lowest BCUT2D eigenvalue weighted by Crippen LogP contribution is -2.44. The molecule has 6 nitrogen and oxygen atoms in total. The van der Waals surface area contributed by atoms with Gasteiger partial charge in [0.2, 0.25) is 11.8 Å². The molecule has 1 atom stereocenters. The highest BCUT2D eigenvalue weighted by Crippen LogP contribution is 2.20. The number of piperidine rings is 1. The van der Waals surface area contributed by atoms with Gasteiger partial charge in [-0.1, -0.05) is 13.0 Å². The molecule has 1 aromatic rings.